The van der Waals surface area contributed by atoms with Crippen LogP contribution < -0.4 is 16.1 Å². The maximum atomic E-state index is 12.4. The van der Waals surface area contributed by atoms with Gasteiger partial charge in [0.1, 0.15) is 11.6 Å². The number of carbonyl (C=O) groups excluding carboxylic acids is 3. The van der Waals surface area contributed by atoms with Crippen molar-refractivity contribution in [3.8, 4) is 24.2 Å². The number of non-ortho nitro benzene ring substituents is 1. The maximum absolute atomic E-state index is 12.4. The van der Waals surface area contributed by atoms with Crippen molar-refractivity contribution in [2.45, 2.75) is 32.4 Å². The summed E-state index contributed by atoms with van der Waals surface area (Å²) < 4.78 is 5.99. The predicted molar refractivity (Wildman–Crippen MR) is 149 cm³/mol. The standard InChI is InChI=1S/C20H23N3O5.C6H4INO2/c1-6-7-8-14-9-11-15(12-10-14)17(24)22-16(18(25)23-27-5)13-21-19(26)28-20(2,3)4;7-5-2-1-3-6(4-5)8(9)10/h1,9-12,16H,13H2,2-5H3,(H,21,26)(H,22,24)(H,23,25);1-4H/t16-;/m0./s1. The van der Waals surface area contributed by atoms with Crippen molar-refractivity contribution in [3.63, 3.8) is 0 Å². The molecular weight excluding hydrogens is 607 g/mol. The lowest BCUT2D eigenvalue weighted by molar-refractivity contribution is -0.384. The number of hydroxylamine groups is 1. The Kier molecular flexibility index (Phi) is 13.3. The van der Waals surface area contributed by atoms with Crippen LogP contribution in [0.4, 0.5) is 10.5 Å². The molecule has 1 atom stereocenters. The Morgan fingerprint density at radius 3 is 2.32 bits per heavy atom. The normalized spacial score (nSPS) is 10.6. The second-order valence-electron chi connectivity index (χ2n) is 8.29. The van der Waals surface area contributed by atoms with E-state index < -0.39 is 34.5 Å². The van der Waals surface area contributed by atoms with Crippen LogP contribution in [-0.4, -0.2) is 48.1 Å². The van der Waals surface area contributed by atoms with Crippen molar-refractivity contribution in [1.82, 2.24) is 16.1 Å². The lowest BCUT2D eigenvalue weighted by Crippen LogP contribution is -2.52. The Morgan fingerprint density at radius 2 is 1.82 bits per heavy atom. The summed E-state index contributed by atoms with van der Waals surface area (Å²) in [6, 6.07) is 11.7. The summed E-state index contributed by atoms with van der Waals surface area (Å²) in [5.74, 6) is 6.25. The third kappa shape index (κ3) is 12.7. The summed E-state index contributed by atoms with van der Waals surface area (Å²) >= 11 is 2.03. The number of amides is 3. The third-order valence-corrected chi connectivity index (χ3v) is 4.79. The van der Waals surface area contributed by atoms with E-state index in [1.54, 1.807) is 51.1 Å². The number of carbonyl (C=O) groups is 3. The molecule has 3 amide bonds. The molecule has 0 aromatic heterocycles. The van der Waals surface area contributed by atoms with Gasteiger partial charge >= 0.3 is 6.09 Å². The van der Waals surface area contributed by atoms with Crippen LogP contribution in [0.3, 0.4) is 0 Å². The molecule has 12 heteroatoms. The number of nitrogens with zero attached hydrogens (tertiary/aromatic N) is 1. The van der Waals surface area contributed by atoms with E-state index in [-0.39, 0.29) is 12.2 Å². The first-order valence-electron chi connectivity index (χ1n) is 10.9. The lowest BCUT2D eigenvalue weighted by Gasteiger charge is -2.22. The maximum Gasteiger partial charge on any atom is 0.407 e. The van der Waals surface area contributed by atoms with Crippen LogP contribution in [0.1, 0.15) is 36.7 Å². The minimum absolute atomic E-state index is 0.145. The topological polar surface area (TPSA) is 149 Å². The van der Waals surface area contributed by atoms with Crippen LogP contribution >= 0.6 is 22.6 Å². The van der Waals surface area contributed by atoms with Crippen LogP contribution in [0.5, 0.6) is 0 Å². The monoisotopic (exact) mass is 634 g/mol. The lowest BCUT2D eigenvalue weighted by atomic mass is 10.1. The molecule has 2 rings (SSSR count). The number of rotatable bonds is 7. The molecular formula is C26H27IN4O7. The summed E-state index contributed by atoms with van der Waals surface area (Å²) in [5, 5.41) is 15.1. The fraction of sp³-hybridized carbons (Fsp3) is 0.269. The van der Waals surface area contributed by atoms with Crippen molar-refractivity contribution in [1.29, 1.82) is 0 Å². The number of hydrogen-bond acceptors (Lipinski definition) is 7. The van der Waals surface area contributed by atoms with Gasteiger partial charge in [0.2, 0.25) is 0 Å². The zero-order chi connectivity index (χ0) is 28.7. The number of halogens is 1. The smallest absolute Gasteiger partial charge is 0.407 e. The van der Waals surface area contributed by atoms with Gasteiger partial charge in [-0.25, -0.2) is 10.3 Å². The summed E-state index contributed by atoms with van der Waals surface area (Å²) in [4.78, 5) is 50.6. The van der Waals surface area contributed by atoms with E-state index in [9.17, 15) is 24.5 Å². The molecule has 0 heterocycles. The molecule has 38 heavy (non-hydrogen) atoms. The first kappa shape index (κ1) is 31.9. The fourth-order valence-corrected chi connectivity index (χ4v) is 3.05. The third-order valence-electron chi connectivity index (χ3n) is 4.12. The van der Waals surface area contributed by atoms with Crippen molar-refractivity contribution >= 4 is 46.2 Å². The molecule has 200 valence electrons. The Labute approximate surface area is 234 Å². The number of terminal acetylenes is 1. The van der Waals surface area contributed by atoms with Gasteiger partial charge in [0, 0.05) is 26.8 Å². The molecule has 0 saturated carbocycles. The first-order valence-corrected chi connectivity index (χ1v) is 12.0. The molecule has 11 nitrogen and oxygen atoms in total. The summed E-state index contributed by atoms with van der Waals surface area (Å²) in [5.41, 5.74) is 2.53. The number of hydrogen-bond donors (Lipinski definition) is 3. The van der Waals surface area contributed by atoms with E-state index in [0.717, 1.165) is 3.57 Å². The zero-order valence-electron chi connectivity index (χ0n) is 21.2. The van der Waals surface area contributed by atoms with Crippen molar-refractivity contribution in [2.24, 2.45) is 0 Å². The van der Waals surface area contributed by atoms with Gasteiger partial charge in [-0.1, -0.05) is 12.0 Å². The largest absolute Gasteiger partial charge is 0.444 e. The number of nitro benzene ring substituents is 1. The van der Waals surface area contributed by atoms with Crippen molar-refractivity contribution in [2.75, 3.05) is 13.7 Å². The van der Waals surface area contributed by atoms with Gasteiger partial charge in [0.15, 0.2) is 0 Å². The van der Waals surface area contributed by atoms with Crippen LogP contribution in [0, 0.1) is 37.9 Å². The highest BCUT2D eigenvalue weighted by Crippen LogP contribution is 2.14. The van der Waals surface area contributed by atoms with Crippen LogP contribution in [0.25, 0.3) is 0 Å². The average Bonchev–Trinajstić information content (AvgIpc) is 2.85. The van der Waals surface area contributed by atoms with E-state index >= 15 is 0 Å². The zero-order valence-corrected chi connectivity index (χ0v) is 23.3. The van der Waals surface area contributed by atoms with E-state index in [2.05, 4.69) is 38.7 Å². The molecule has 0 aliphatic carbocycles. The van der Waals surface area contributed by atoms with Gasteiger partial charge < -0.3 is 15.4 Å². The molecule has 0 unspecified atom stereocenters. The molecule has 0 aliphatic heterocycles. The predicted octanol–water partition coefficient (Wildman–Crippen LogP) is 3.17. The average molecular weight is 634 g/mol. The number of alkyl carbamates (subject to hydrolysis) is 1. The van der Waals surface area contributed by atoms with E-state index in [4.69, 9.17) is 11.2 Å². The second-order valence-corrected chi connectivity index (χ2v) is 9.53. The summed E-state index contributed by atoms with van der Waals surface area (Å²) in [7, 11) is 1.26. The van der Waals surface area contributed by atoms with E-state index in [1.165, 1.54) is 19.2 Å². The van der Waals surface area contributed by atoms with Gasteiger partial charge in [-0.15, -0.1) is 6.42 Å². The number of ether oxygens (including phenoxy) is 1. The van der Waals surface area contributed by atoms with Gasteiger partial charge in [0.05, 0.1) is 18.6 Å². The van der Waals surface area contributed by atoms with E-state index in [1.807, 2.05) is 28.7 Å². The Bertz CT molecular complexity index is 1240. The van der Waals surface area contributed by atoms with Gasteiger partial charge in [-0.3, -0.25) is 24.5 Å². The molecule has 0 radical (unpaired) electrons. The quantitative estimate of drug-likeness (QED) is 0.183. The summed E-state index contributed by atoms with van der Waals surface area (Å²) in [6.07, 6.45) is 4.36. The Morgan fingerprint density at radius 1 is 1.16 bits per heavy atom. The SMILES string of the molecule is C#CC#Cc1ccc(C(=O)N[C@@H](CNC(=O)OC(C)(C)C)C(=O)NOC)cc1.O=[N+]([O-])c1cccc(I)c1. The van der Waals surface area contributed by atoms with Gasteiger partial charge in [0.25, 0.3) is 17.5 Å². The number of nitrogens with one attached hydrogen (secondary N) is 3. The molecule has 0 saturated heterocycles. The van der Waals surface area contributed by atoms with E-state index in [0.29, 0.717) is 11.1 Å². The van der Waals surface area contributed by atoms with Crippen molar-refractivity contribution in [3.05, 3.63) is 73.3 Å². The number of benzene rings is 2. The van der Waals surface area contributed by atoms with Crippen LogP contribution in [0.2, 0.25) is 0 Å². The molecule has 0 fully saturated rings. The highest BCUT2D eigenvalue weighted by Gasteiger charge is 2.24. The minimum Gasteiger partial charge on any atom is -0.444 e. The fourth-order valence-electron chi connectivity index (χ4n) is 2.53. The molecule has 3 N–H and O–H groups in total. The molecule has 0 bridgehead atoms. The molecule has 2 aromatic carbocycles. The highest BCUT2D eigenvalue weighted by molar-refractivity contribution is 14.1. The molecule has 2 aromatic rings. The second kappa shape index (κ2) is 15.9. The molecule has 0 aliphatic rings. The number of nitro groups is 1. The van der Waals surface area contributed by atoms with Crippen LogP contribution in [0.15, 0.2) is 48.5 Å². The summed E-state index contributed by atoms with van der Waals surface area (Å²) in [6.45, 7) is 4.94. The minimum atomic E-state index is -1.08. The van der Waals surface area contributed by atoms with Gasteiger partial charge in [-0.2, -0.15) is 0 Å². The van der Waals surface area contributed by atoms with Crippen molar-refractivity contribution < 1.29 is 28.9 Å². The Balaban J connectivity index is 0.000000600. The molecule has 0 spiro atoms. The Hall–Kier alpha value is -4.14. The van der Waals surface area contributed by atoms with Gasteiger partial charge in [-0.05, 0) is 85.5 Å². The first-order chi connectivity index (χ1) is 17.9. The highest BCUT2D eigenvalue weighted by atomic mass is 127. The van der Waals surface area contributed by atoms with Crippen LogP contribution in [-0.2, 0) is 14.4 Å².